The molecule has 9 nitrogen and oxygen atoms in total. The molecular weight excluding hydrogens is 470 g/mol. The lowest BCUT2D eigenvalue weighted by molar-refractivity contribution is -0.120. The summed E-state index contributed by atoms with van der Waals surface area (Å²) in [6, 6.07) is 10.5. The number of fused-ring (bicyclic) bond motifs is 2. The molecule has 2 aromatic heterocycles. The number of anilines is 1. The Morgan fingerprint density at radius 1 is 1.22 bits per heavy atom. The molecule has 1 N–H and O–H groups in total. The second-order valence-corrected chi connectivity index (χ2v) is 10.9. The molecule has 3 heterocycles. The van der Waals surface area contributed by atoms with Gasteiger partial charge < -0.3 is 10.1 Å². The lowest BCUT2D eigenvalue weighted by Crippen LogP contribution is -2.43. The molecule has 0 radical (unpaired) electrons. The molecule has 1 saturated heterocycles. The first-order chi connectivity index (χ1) is 15.5. The molecule has 5 rings (SSSR count). The summed E-state index contributed by atoms with van der Waals surface area (Å²) < 4.78 is 42.4. The van der Waals surface area contributed by atoms with Crippen molar-refractivity contribution in [1.29, 1.82) is 0 Å². The van der Waals surface area contributed by atoms with Gasteiger partial charge in [0, 0.05) is 13.1 Å². The first-order valence-corrected chi connectivity index (χ1v) is 12.9. The number of carbonyl (C=O) groups is 1. The van der Waals surface area contributed by atoms with Crippen LogP contribution in [-0.4, -0.2) is 52.6 Å². The summed E-state index contributed by atoms with van der Waals surface area (Å²) >= 11 is 2.34. The highest BCUT2D eigenvalue weighted by molar-refractivity contribution is 7.89. The molecule has 1 aliphatic rings. The van der Waals surface area contributed by atoms with E-state index in [1.54, 1.807) is 19.2 Å². The number of hydrogen-bond donors (Lipinski definition) is 1. The molecule has 32 heavy (non-hydrogen) atoms. The van der Waals surface area contributed by atoms with E-state index in [-0.39, 0.29) is 17.3 Å². The maximum atomic E-state index is 13.3. The number of carbonyl (C=O) groups excluding carboxylic acids is 1. The molecular formula is C20H19N5O4S3. The Morgan fingerprint density at radius 2 is 2.09 bits per heavy atom. The van der Waals surface area contributed by atoms with Crippen molar-refractivity contribution in [3.05, 3.63) is 36.4 Å². The van der Waals surface area contributed by atoms with Gasteiger partial charge in [0.2, 0.25) is 15.9 Å². The van der Waals surface area contributed by atoms with Gasteiger partial charge in [-0.15, -0.1) is 0 Å². The number of ether oxygens (including phenoxy) is 1. The maximum Gasteiger partial charge on any atom is 0.245 e. The molecule has 0 spiro atoms. The van der Waals surface area contributed by atoms with Crippen LogP contribution in [0.2, 0.25) is 0 Å². The van der Waals surface area contributed by atoms with Gasteiger partial charge in [-0.1, -0.05) is 17.4 Å². The average molecular weight is 490 g/mol. The molecule has 2 aromatic carbocycles. The van der Waals surface area contributed by atoms with Crippen LogP contribution in [0.3, 0.4) is 0 Å². The molecule has 1 amide bonds. The summed E-state index contributed by atoms with van der Waals surface area (Å²) in [5.74, 6) is 0.0229. The number of sulfonamides is 1. The van der Waals surface area contributed by atoms with Crippen LogP contribution in [0.5, 0.6) is 5.75 Å². The van der Waals surface area contributed by atoms with Gasteiger partial charge in [0.1, 0.15) is 21.7 Å². The highest BCUT2D eigenvalue weighted by Gasteiger charge is 2.35. The van der Waals surface area contributed by atoms with E-state index in [4.69, 9.17) is 4.74 Å². The van der Waals surface area contributed by atoms with Gasteiger partial charge in [-0.25, -0.2) is 13.4 Å². The van der Waals surface area contributed by atoms with Gasteiger partial charge in [0.15, 0.2) is 5.13 Å². The zero-order chi connectivity index (χ0) is 22.3. The molecule has 0 saturated carbocycles. The molecule has 1 aliphatic heterocycles. The predicted molar refractivity (Wildman–Crippen MR) is 124 cm³/mol. The van der Waals surface area contributed by atoms with Crippen molar-refractivity contribution in [1.82, 2.24) is 18.0 Å². The van der Waals surface area contributed by atoms with E-state index in [1.807, 2.05) is 18.2 Å². The van der Waals surface area contributed by atoms with Gasteiger partial charge in [-0.05, 0) is 43.2 Å². The highest BCUT2D eigenvalue weighted by Crippen LogP contribution is 2.31. The van der Waals surface area contributed by atoms with Crippen LogP contribution in [-0.2, 0) is 14.8 Å². The molecule has 12 heteroatoms. The molecule has 0 bridgehead atoms. The van der Waals surface area contributed by atoms with Crippen molar-refractivity contribution < 1.29 is 17.9 Å². The van der Waals surface area contributed by atoms with Gasteiger partial charge in [-0.3, -0.25) is 4.79 Å². The number of methoxy groups -OCH3 is 1. The summed E-state index contributed by atoms with van der Waals surface area (Å²) in [5, 5.41) is 3.34. The number of nitrogens with zero attached hydrogens (tertiary/aromatic N) is 4. The van der Waals surface area contributed by atoms with Crippen molar-refractivity contribution in [2.75, 3.05) is 25.5 Å². The Labute approximate surface area is 192 Å². The first kappa shape index (κ1) is 21.2. The highest BCUT2D eigenvalue weighted by atomic mass is 32.2. The van der Waals surface area contributed by atoms with E-state index in [2.05, 4.69) is 19.0 Å². The van der Waals surface area contributed by atoms with Gasteiger partial charge in [-0.2, -0.15) is 13.1 Å². The molecule has 1 atom stereocenters. The second-order valence-electron chi connectivity index (χ2n) is 7.43. The van der Waals surface area contributed by atoms with E-state index < -0.39 is 15.9 Å². The Balaban J connectivity index is 1.34. The molecule has 166 valence electrons. The average Bonchev–Trinajstić information content (AvgIpc) is 3.44. The Morgan fingerprint density at radius 3 is 2.94 bits per heavy atom. The smallest absolute Gasteiger partial charge is 0.245 e. The van der Waals surface area contributed by atoms with Gasteiger partial charge in [0.25, 0.3) is 0 Å². The summed E-state index contributed by atoms with van der Waals surface area (Å²) in [5.41, 5.74) is 1.69. The Bertz CT molecular complexity index is 1420. The molecule has 0 unspecified atom stereocenters. The summed E-state index contributed by atoms with van der Waals surface area (Å²) in [7, 11) is -2.20. The zero-order valence-corrected chi connectivity index (χ0v) is 19.5. The number of thiazole rings is 1. The number of piperidine rings is 1. The van der Waals surface area contributed by atoms with Crippen molar-refractivity contribution in [3.63, 3.8) is 0 Å². The number of amides is 1. The van der Waals surface area contributed by atoms with Crippen molar-refractivity contribution >= 4 is 65.4 Å². The standard InChI is InChI=1S/C20H19N5O4S3/c1-29-13-7-8-14-16(10-13)30-20(21-14)22-19(26)12-4-3-9-25(11-12)32(27,28)17-6-2-5-15-18(17)24-31-23-15/h2,5-8,10,12H,3-4,9,11H2,1H3,(H,21,22,26)/t12-/m1/s1. The third-order valence-corrected chi connectivity index (χ3v) is 8.82. The van der Waals surface area contributed by atoms with E-state index >= 15 is 0 Å². The number of hydrogen-bond acceptors (Lipinski definition) is 9. The number of aromatic nitrogens is 3. The van der Waals surface area contributed by atoms with E-state index in [1.165, 1.54) is 21.7 Å². The lowest BCUT2D eigenvalue weighted by atomic mass is 9.99. The summed E-state index contributed by atoms with van der Waals surface area (Å²) in [4.78, 5) is 17.5. The van der Waals surface area contributed by atoms with Crippen LogP contribution in [0.15, 0.2) is 41.3 Å². The van der Waals surface area contributed by atoms with Crippen LogP contribution >= 0.6 is 23.1 Å². The number of benzene rings is 2. The second kappa shape index (κ2) is 8.35. The van der Waals surface area contributed by atoms with Gasteiger partial charge in [0.05, 0.1) is 35.0 Å². The van der Waals surface area contributed by atoms with Gasteiger partial charge >= 0.3 is 0 Å². The molecule has 0 aliphatic carbocycles. The first-order valence-electron chi connectivity index (χ1n) is 9.92. The van der Waals surface area contributed by atoms with Crippen molar-refractivity contribution in [2.24, 2.45) is 5.92 Å². The topological polar surface area (TPSA) is 114 Å². The third kappa shape index (κ3) is 3.83. The largest absolute Gasteiger partial charge is 0.497 e. The lowest BCUT2D eigenvalue weighted by Gasteiger charge is -2.31. The molecule has 1 fully saturated rings. The van der Waals surface area contributed by atoms with E-state index in [9.17, 15) is 13.2 Å². The SMILES string of the molecule is COc1ccc2nc(NC(=O)[C@@H]3CCCN(S(=O)(=O)c4cccc5nsnc45)C3)sc2c1. The van der Waals surface area contributed by atoms with Crippen LogP contribution in [0.1, 0.15) is 12.8 Å². The fourth-order valence-electron chi connectivity index (χ4n) is 3.80. The summed E-state index contributed by atoms with van der Waals surface area (Å²) in [6.45, 7) is 0.474. The number of nitrogens with one attached hydrogen (secondary N) is 1. The third-order valence-electron chi connectivity index (χ3n) is 5.45. The normalized spacial score (nSPS) is 17.6. The predicted octanol–water partition coefficient (Wildman–Crippen LogP) is 3.35. The fourth-order valence-corrected chi connectivity index (χ4v) is 6.97. The quantitative estimate of drug-likeness (QED) is 0.457. The van der Waals surface area contributed by atoms with Crippen LogP contribution in [0.4, 0.5) is 5.13 Å². The monoisotopic (exact) mass is 489 g/mol. The van der Waals surface area contributed by atoms with Crippen molar-refractivity contribution in [2.45, 2.75) is 17.7 Å². The van der Waals surface area contributed by atoms with Crippen LogP contribution in [0.25, 0.3) is 21.3 Å². The van der Waals surface area contributed by atoms with Crippen LogP contribution < -0.4 is 10.1 Å². The minimum Gasteiger partial charge on any atom is -0.497 e. The minimum absolute atomic E-state index is 0.112. The van der Waals surface area contributed by atoms with E-state index in [0.717, 1.165) is 27.7 Å². The number of rotatable bonds is 5. The maximum absolute atomic E-state index is 13.3. The van der Waals surface area contributed by atoms with Crippen molar-refractivity contribution in [3.8, 4) is 5.75 Å². The Kier molecular flexibility index (Phi) is 5.53. The molecule has 4 aromatic rings. The zero-order valence-electron chi connectivity index (χ0n) is 17.0. The summed E-state index contributed by atoms with van der Waals surface area (Å²) in [6.07, 6.45) is 1.21. The van der Waals surface area contributed by atoms with E-state index in [0.29, 0.717) is 35.6 Å². The van der Waals surface area contributed by atoms with Crippen LogP contribution in [0, 0.1) is 5.92 Å². The Hall–Kier alpha value is -2.67. The minimum atomic E-state index is -3.80. The fraction of sp³-hybridized carbons (Fsp3) is 0.300.